The van der Waals surface area contributed by atoms with Crippen molar-refractivity contribution in [1.29, 1.82) is 0 Å². The van der Waals surface area contributed by atoms with Crippen molar-refractivity contribution in [2.45, 2.75) is 33.4 Å². The fourth-order valence-electron chi connectivity index (χ4n) is 2.98. The van der Waals surface area contributed by atoms with Gasteiger partial charge in [-0.1, -0.05) is 37.6 Å². The van der Waals surface area contributed by atoms with Gasteiger partial charge in [0.05, 0.1) is 24.4 Å². The first-order chi connectivity index (χ1) is 12.7. The molecular weight excluding hydrogens is 364 g/mol. The predicted molar refractivity (Wildman–Crippen MR) is 109 cm³/mol. The van der Waals surface area contributed by atoms with E-state index < -0.39 is 0 Å². The van der Waals surface area contributed by atoms with Gasteiger partial charge < -0.3 is 15.0 Å². The van der Waals surface area contributed by atoms with E-state index in [2.05, 4.69) is 29.2 Å². The highest BCUT2D eigenvalue weighted by Gasteiger charge is 2.22. The van der Waals surface area contributed by atoms with Gasteiger partial charge in [0.15, 0.2) is 0 Å². The molecule has 148 valence electrons. The zero-order chi connectivity index (χ0) is 20.1. The average Bonchev–Trinajstić information content (AvgIpc) is 2.88. The highest BCUT2D eigenvalue weighted by Crippen LogP contribution is 2.23. The largest absolute Gasteiger partial charge is 0.497 e. The highest BCUT2D eigenvalue weighted by atomic mass is 35.5. The van der Waals surface area contributed by atoms with Crippen molar-refractivity contribution in [2.24, 2.45) is 5.92 Å². The van der Waals surface area contributed by atoms with E-state index in [1.807, 2.05) is 45.3 Å². The third-order valence-electron chi connectivity index (χ3n) is 4.41. The van der Waals surface area contributed by atoms with Crippen LogP contribution in [0.2, 0.25) is 5.15 Å². The molecule has 0 bridgehead atoms. The minimum atomic E-state index is -0.201. The number of rotatable bonds is 8. The number of aromatic nitrogens is 2. The lowest BCUT2D eigenvalue weighted by Crippen LogP contribution is -2.34. The molecule has 27 heavy (non-hydrogen) atoms. The molecule has 1 atom stereocenters. The molecule has 1 aromatic heterocycles. The molecule has 0 saturated heterocycles. The number of carbonyl (C=O) groups is 1. The lowest BCUT2D eigenvalue weighted by molar-refractivity contribution is 0.0941. The van der Waals surface area contributed by atoms with Gasteiger partial charge >= 0.3 is 0 Å². The van der Waals surface area contributed by atoms with Crippen molar-refractivity contribution in [1.82, 2.24) is 20.0 Å². The van der Waals surface area contributed by atoms with E-state index in [0.717, 1.165) is 11.3 Å². The molecule has 0 fully saturated rings. The lowest BCUT2D eigenvalue weighted by atomic mass is 10.1. The van der Waals surface area contributed by atoms with Gasteiger partial charge in [0.1, 0.15) is 10.9 Å². The summed E-state index contributed by atoms with van der Waals surface area (Å²) in [5.41, 5.74) is 2.19. The maximum Gasteiger partial charge on any atom is 0.256 e. The third kappa shape index (κ3) is 5.23. The number of benzene rings is 1. The Labute approximate surface area is 166 Å². The van der Waals surface area contributed by atoms with E-state index in [0.29, 0.717) is 35.4 Å². The number of halogens is 1. The number of amides is 1. The van der Waals surface area contributed by atoms with E-state index in [1.54, 1.807) is 11.8 Å². The van der Waals surface area contributed by atoms with Gasteiger partial charge in [0.2, 0.25) is 0 Å². The van der Waals surface area contributed by atoms with Gasteiger partial charge in [-0.15, -0.1) is 0 Å². The van der Waals surface area contributed by atoms with Crippen molar-refractivity contribution in [2.75, 3.05) is 27.7 Å². The van der Waals surface area contributed by atoms with Crippen LogP contribution in [0.1, 0.15) is 41.5 Å². The standard InChI is InChI=1S/C20H29ClN4O2/c1-13(2)12-25-19(21)18(14(3)23-25)20(26)22-11-17(24(4)5)15-7-9-16(27-6)10-8-15/h7-10,13,17H,11-12H2,1-6H3,(H,22,26)/t17-/m0/s1. The molecule has 1 aromatic carbocycles. The fourth-order valence-corrected chi connectivity index (χ4v) is 3.31. The summed E-state index contributed by atoms with van der Waals surface area (Å²) < 4.78 is 6.91. The Morgan fingerprint density at radius 1 is 1.30 bits per heavy atom. The van der Waals surface area contributed by atoms with E-state index in [-0.39, 0.29) is 11.9 Å². The molecule has 7 heteroatoms. The number of nitrogens with one attached hydrogen (secondary N) is 1. The van der Waals surface area contributed by atoms with Crippen LogP contribution in [-0.2, 0) is 6.54 Å². The monoisotopic (exact) mass is 392 g/mol. The molecule has 0 saturated carbocycles. The first-order valence-corrected chi connectivity index (χ1v) is 9.43. The van der Waals surface area contributed by atoms with Gasteiger partial charge in [-0.2, -0.15) is 5.10 Å². The zero-order valence-corrected chi connectivity index (χ0v) is 17.7. The van der Waals surface area contributed by atoms with Crippen LogP contribution in [0.4, 0.5) is 0 Å². The molecule has 2 aromatic rings. The molecule has 6 nitrogen and oxygen atoms in total. The van der Waals surface area contributed by atoms with Crippen LogP contribution in [0, 0.1) is 12.8 Å². The number of carbonyl (C=O) groups excluding carboxylic acids is 1. The van der Waals surface area contributed by atoms with Crippen molar-refractivity contribution < 1.29 is 9.53 Å². The Kier molecular flexibility index (Phi) is 7.27. The second kappa shape index (κ2) is 9.24. The van der Waals surface area contributed by atoms with Crippen LogP contribution >= 0.6 is 11.6 Å². The molecule has 0 spiro atoms. The number of hydrogen-bond acceptors (Lipinski definition) is 4. The first-order valence-electron chi connectivity index (χ1n) is 9.06. The third-order valence-corrected chi connectivity index (χ3v) is 4.79. The number of ether oxygens (including phenoxy) is 1. The first kappa shape index (κ1) is 21.3. The minimum absolute atomic E-state index is 0.0321. The van der Waals surface area contributed by atoms with Gasteiger partial charge in [0, 0.05) is 13.1 Å². The second-order valence-corrected chi connectivity index (χ2v) is 7.65. The maximum absolute atomic E-state index is 12.8. The zero-order valence-electron chi connectivity index (χ0n) is 16.9. The Balaban J connectivity index is 2.13. The molecule has 1 heterocycles. The van der Waals surface area contributed by atoms with Crippen LogP contribution in [0.5, 0.6) is 5.75 Å². The maximum atomic E-state index is 12.8. The van der Waals surface area contributed by atoms with Crippen LogP contribution in [0.25, 0.3) is 0 Å². The number of hydrogen-bond donors (Lipinski definition) is 1. The quantitative estimate of drug-likeness (QED) is 0.746. The van der Waals surface area contributed by atoms with E-state index >= 15 is 0 Å². The molecule has 1 N–H and O–H groups in total. The number of likely N-dealkylation sites (N-methyl/N-ethyl adjacent to an activating group) is 1. The topological polar surface area (TPSA) is 59.4 Å². The van der Waals surface area contributed by atoms with Crippen LogP contribution in [0.15, 0.2) is 24.3 Å². The molecule has 0 aliphatic rings. The van der Waals surface area contributed by atoms with Gasteiger partial charge in [-0.25, -0.2) is 0 Å². The molecule has 2 rings (SSSR count). The Morgan fingerprint density at radius 3 is 2.44 bits per heavy atom. The van der Waals surface area contributed by atoms with Crippen LogP contribution < -0.4 is 10.1 Å². The fraction of sp³-hybridized carbons (Fsp3) is 0.500. The number of aryl methyl sites for hydroxylation is 1. The average molecular weight is 393 g/mol. The summed E-state index contributed by atoms with van der Waals surface area (Å²) in [5.74, 6) is 0.999. The van der Waals surface area contributed by atoms with Crippen molar-refractivity contribution in [3.63, 3.8) is 0 Å². The number of methoxy groups -OCH3 is 1. The predicted octanol–water partition coefficient (Wildman–Crippen LogP) is 3.54. The van der Waals surface area contributed by atoms with Crippen LogP contribution in [-0.4, -0.2) is 48.3 Å². The van der Waals surface area contributed by atoms with E-state index in [9.17, 15) is 4.79 Å². The smallest absolute Gasteiger partial charge is 0.256 e. The van der Waals surface area contributed by atoms with Crippen molar-refractivity contribution in [3.05, 3.63) is 46.2 Å². The summed E-state index contributed by atoms with van der Waals surface area (Å²) >= 11 is 6.41. The Hall–Kier alpha value is -2.05. The van der Waals surface area contributed by atoms with E-state index in [1.165, 1.54) is 0 Å². The highest BCUT2D eigenvalue weighted by molar-refractivity contribution is 6.33. The summed E-state index contributed by atoms with van der Waals surface area (Å²) in [7, 11) is 5.62. The number of nitrogens with zero attached hydrogens (tertiary/aromatic N) is 3. The van der Waals surface area contributed by atoms with Gasteiger partial charge in [-0.3, -0.25) is 9.48 Å². The minimum Gasteiger partial charge on any atom is -0.497 e. The second-order valence-electron chi connectivity index (χ2n) is 7.29. The van der Waals surface area contributed by atoms with E-state index in [4.69, 9.17) is 16.3 Å². The van der Waals surface area contributed by atoms with Crippen LogP contribution in [0.3, 0.4) is 0 Å². The van der Waals surface area contributed by atoms with Gasteiger partial charge in [-0.05, 0) is 44.6 Å². The SMILES string of the molecule is COc1ccc([C@H](CNC(=O)c2c(C)nn(CC(C)C)c2Cl)N(C)C)cc1. The summed E-state index contributed by atoms with van der Waals surface area (Å²) in [6.07, 6.45) is 0. The molecule has 0 radical (unpaired) electrons. The molecule has 0 aliphatic carbocycles. The molecule has 1 amide bonds. The van der Waals surface area contributed by atoms with Crippen molar-refractivity contribution in [3.8, 4) is 5.75 Å². The molecule has 0 aliphatic heterocycles. The summed E-state index contributed by atoms with van der Waals surface area (Å²) in [6.45, 7) is 7.13. The molecule has 0 unspecified atom stereocenters. The lowest BCUT2D eigenvalue weighted by Gasteiger charge is -2.25. The Morgan fingerprint density at radius 2 is 1.93 bits per heavy atom. The summed E-state index contributed by atoms with van der Waals surface area (Å²) in [6, 6.07) is 7.89. The van der Waals surface area contributed by atoms with Crippen molar-refractivity contribution >= 4 is 17.5 Å². The summed E-state index contributed by atoms with van der Waals surface area (Å²) in [5, 5.41) is 7.81. The molecular formula is C20H29ClN4O2. The summed E-state index contributed by atoms with van der Waals surface area (Å²) in [4.78, 5) is 14.8. The Bertz CT molecular complexity index is 769. The normalized spacial score (nSPS) is 12.5. The van der Waals surface area contributed by atoms with Gasteiger partial charge in [0.25, 0.3) is 5.91 Å².